The van der Waals surface area contributed by atoms with Crippen molar-refractivity contribution in [1.82, 2.24) is 0 Å². The Hall–Kier alpha value is -3.21. The number of hydrogen-bond acceptors (Lipinski definition) is 5. The second-order valence-corrected chi connectivity index (χ2v) is 8.17. The Morgan fingerprint density at radius 3 is 2.33 bits per heavy atom. The van der Waals surface area contributed by atoms with E-state index in [0.29, 0.717) is 16.7 Å². The monoisotopic (exact) mass is 406 g/mol. The van der Waals surface area contributed by atoms with Crippen LogP contribution >= 0.6 is 0 Å². The van der Waals surface area contributed by atoms with Gasteiger partial charge in [0.05, 0.1) is 13.0 Å². The summed E-state index contributed by atoms with van der Waals surface area (Å²) in [6.07, 6.45) is 1.79. The molecule has 2 atom stereocenters. The molecule has 30 heavy (non-hydrogen) atoms. The van der Waals surface area contributed by atoms with E-state index < -0.39 is 5.97 Å². The fourth-order valence-electron chi connectivity index (χ4n) is 3.74. The first kappa shape index (κ1) is 21.5. The van der Waals surface area contributed by atoms with E-state index in [2.05, 4.69) is 0 Å². The Balaban J connectivity index is 1.64. The summed E-state index contributed by atoms with van der Waals surface area (Å²) >= 11 is 0. The van der Waals surface area contributed by atoms with Crippen molar-refractivity contribution in [2.75, 3.05) is 7.11 Å². The van der Waals surface area contributed by atoms with Crippen molar-refractivity contribution in [1.29, 1.82) is 0 Å². The molecule has 0 bridgehead atoms. The number of allylic oxidation sites excluding steroid dienone is 1. The molecule has 0 aliphatic heterocycles. The van der Waals surface area contributed by atoms with Crippen LogP contribution in [0.2, 0.25) is 0 Å². The molecule has 2 aromatic carbocycles. The maximum Gasteiger partial charge on any atom is 0.333 e. The molecule has 3 rings (SSSR count). The van der Waals surface area contributed by atoms with E-state index in [9.17, 15) is 14.4 Å². The van der Waals surface area contributed by atoms with Gasteiger partial charge in [-0.05, 0) is 29.9 Å². The summed E-state index contributed by atoms with van der Waals surface area (Å²) in [6.45, 7) is 5.72. The molecule has 0 amide bonds. The second-order valence-electron chi connectivity index (χ2n) is 8.17. The van der Waals surface area contributed by atoms with Gasteiger partial charge in [-0.25, -0.2) is 4.79 Å². The number of methoxy groups -OCH3 is 1. The number of rotatable bonds is 7. The highest BCUT2D eigenvalue weighted by atomic mass is 16.5. The first-order valence-electron chi connectivity index (χ1n) is 9.87. The van der Waals surface area contributed by atoms with Crippen LogP contribution in [0.5, 0.6) is 0 Å². The zero-order valence-electron chi connectivity index (χ0n) is 17.7. The fourth-order valence-corrected chi connectivity index (χ4v) is 3.74. The number of esters is 2. The molecule has 2 aromatic rings. The molecule has 0 N–H and O–H groups in total. The Labute approximate surface area is 176 Å². The zero-order chi connectivity index (χ0) is 21.9. The summed E-state index contributed by atoms with van der Waals surface area (Å²) < 4.78 is 10.3. The topological polar surface area (TPSA) is 69.7 Å². The van der Waals surface area contributed by atoms with Gasteiger partial charge in [-0.2, -0.15) is 0 Å². The van der Waals surface area contributed by atoms with Gasteiger partial charge in [-0.1, -0.05) is 68.5 Å². The Morgan fingerprint density at radius 2 is 1.67 bits per heavy atom. The minimum Gasteiger partial charge on any atom is -0.466 e. The van der Waals surface area contributed by atoms with Crippen LogP contribution in [0.25, 0.3) is 0 Å². The van der Waals surface area contributed by atoms with Crippen LogP contribution in [0.4, 0.5) is 0 Å². The average molecular weight is 406 g/mol. The summed E-state index contributed by atoms with van der Waals surface area (Å²) in [5, 5.41) is 0. The largest absolute Gasteiger partial charge is 0.466 e. The number of carbonyl (C=O) groups is 3. The third kappa shape index (κ3) is 4.51. The molecule has 0 radical (unpaired) electrons. The molecule has 2 unspecified atom stereocenters. The van der Waals surface area contributed by atoms with Crippen LogP contribution in [-0.4, -0.2) is 24.8 Å². The van der Waals surface area contributed by atoms with Crippen molar-refractivity contribution in [2.24, 2.45) is 17.3 Å². The smallest absolute Gasteiger partial charge is 0.333 e. The summed E-state index contributed by atoms with van der Waals surface area (Å²) in [4.78, 5) is 36.9. The molecule has 0 aromatic heterocycles. The lowest BCUT2D eigenvalue weighted by molar-refractivity contribution is -0.147. The fraction of sp³-hybridized carbons (Fsp3) is 0.320. The molecule has 1 saturated carbocycles. The Morgan fingerprint density at radius 1 is 1.00 bits per heavy atom. The van der Waals surface area contributed by atoms with E-state index in [4.69, 9.17) is 9.47 Å². The molecule has 0 spiro atoms. The van der Waals surface area contributed by atoms with Crippen LogP contribution in [0.3, 0.4) is 0 Å². The molecular formula is C25H26O5. The number of ether oxygens (including phenoxy) is 2. The van der Waals surface area contributed by atoms with Crippen LogP contribution < -0.4 is 0 Å². The van der Waals surface area contributed by atoms with E-state index in [-0.39, 0.29) is 35.6 Å². The number of hydrogen-bond donors (Lipinski definition) is 0. The second kappa shape index (κ2) is 8.66. The number of benzene rings is 2. The molecular weight excluding hydrogens is 380 g/mol. The van der Waals surface area contributed by atoms with E-state index >= 15 is 0 Å². The molecule has 0 heterocycles. The van der Waals surface area contributed by atoms with Gasteiger partial charge in [0.15, 0.2) is 5.78 Å². The van der Waals surface area contributed by atoms with Gasteiger partial charge in [-0.15, -0.1) is 0 Å². The highest BCUT2D eigenvalue weighted by molar-refractivity contribution is 6.09. The SMILES string of the molecule is COC(=O)/C(C)=C\C1C(C(=O)OCc2cccc(C(=O)c3ccccc3)c2)C1(C)C. The van der Waals surface area contributed by atoms with Crippen LogP contribution in [0.15, 0.2) is 66.2 Å². The molecule has 1 aliphatic carbocycles. The molecule has 1 fully saturated rings. The highest BCUT2D eigenvalue weighted by Crippen LogP contribution is 2.59. The number of ketones is 1. The van der Waals surface area contributed by atoms with Crippen molar-refractivity contribution in [3.05, 3.63) is 82.9 Å². The third-order valence-corrected chi connectivity index (χ3v) is 5.71. The number of carbonyl (C=O) groups excluding carboxylic acids is 3. The van der Waals surface area contributed by atoms with Gasteiger partial charge in [0.2, 0.25) is 0 Å². The van der Waals surface area contributed by atoms with Gasteiger partial charge >= 0.3 is 11.9 Å². The van der Waals surface area contributed by atoms with E-state index in [1.165, 1.54) is 7.11 Å². The predicted octanol–water partition coefficient (Wildman–Crippen LogP) is 4.35. The van der Waals surface area contributed by atoms with Gasteiger partial charge < -0.3 is 9.47 Å². The van der Waals surface area contributed by atoms with Crippen molar-refractivity contribution in [3.63, 3.8) is 0 Å². The lowest BCUT2D eigenvalue weighted by atomic mass is 10.0. The maximum atomic E-state index is 12.6. The third-order valence-electron chi connectivity index (χ3n) is 5.71. The standard InChI is InChI=1S/C25H26O5/c1-16(23(27)29-4)13-20-21(25(20,2)3)24(28)30-15-17-9-8-12-19(14-17)22(26)18-10-6-5-7-11-18/h5-14,20-21H,15H2,1-4H3/b16-13-. The molecule has 5 nitrogen and oxygen atoms in total. The molecule has 156 valence electrons. The Bertz CT molecular complexity index is 988. The van der Waals surface area contributed by atoms with Gasteiger partial charge in [0.25, 0.3) is 0 Å². The van der Waals surface area contributed by atoms with Crippen LogP contribution in [0.1, 0.15) is 42.3 Å². The lowest BCUT2D eigenvalue weighted by Gasteiger charge is -2.08. The minimum atomic E-state index is -0.398. The van der Waals surface area contributed by atoms with Crippen molar-refractivity contribution < 1.29 is 23.9 Å². The lowest BCUT2D eigenvalue weighted by Crippen LogP contribution is -2.11. The Kier molecular flexibility index (Phi) is 6.20. The van der Waals surface area contributed by atoms with Gasteiger partial charge in [0.1, 0.15) is 6.61 Å². The summed E-state index contributed by atoms with van der Waals surface area (Å²) in [6, 6.07) is 16.2. The quantitative estimate of drug-likeness (QED) is 0.388. The normalized spacial score (nSPS) is 19.7. The van der Waals surface area contributed by atoms with E-state index in [0.717, 1.165) is 5.56 Å². The van der Waals surface area contributed by atoms with Crippen molar-refractivity contribution in [2.45, 2.75) is 27.4 Å². The first-order chi connectivity index (χ1) is 14.3. The van der Waals surface area contributed by atoms with E-state index in [1.54, 1.807) is 43.3 Å². The molecule has 1 aliphatic rings. The first-order valence-corrected chi connectivity index (χ1v) is 9.87. The van der Waals surface area contributed by atoms with Gasteiger partial charge in [-0.3, -0.25) is 9.59 Å². The van der Waals surface area contributed by atoms with Crippen molar-refractivity contribution in [3.8, 4) is 0 Å². The molecule has 0 saturated heterocycles. The summed E-state index contributed by atoms with van der Waals surface area (Å²) in [5.74, 6) is -1.17. The van der Waals surface area contributed by atoms with Crippen LogP contribution in [-0.2, 0) is 25.7 Å². The van der Waals surface area contributed by atoms with Crippen LogP contribution in [0, 0.1) is 17.3 Å². The van der Waals surface area contributed by atoms with E-state index in [1.807, 2.05) is 38.1 Å². The van der Waals surface area contributed by atoms with Gasteiger partial charge in [0, 0.05) is 16.7 Å². The van der Waals surface area contributed by atoms with Crippen molar-refractivity contribution >= 4 is 17.7 Å². The average Bonchev–Trinajstić information content (AvgIpc) is 3.31. The summed E-state index contributed by atoms with van der Waals surface area (Å²) in [7, 11) is 1.33. The highest BCUT2D eigenvalue weighted by Gasteiger charge is 2.61. The zero-order valence-corrected chi connectivity index (χ0v) is 17.7. The minimum absolute atomic E-state index is 0.0735. The molecule has 5 heteroatoms. The maximum absolute atomic E-state index is 12.6. The predicted molar refractivity (Wildman–Crippen MR) is 113 cm³/mol. The summed E-state index contributed by atoms with van der Waals surface area (Å²) in [5.41, 5.74) is 2.12.